The van der Waals surface area contributed by atoms with Gasteiger partial charge in [0.2, 0.25) is 0 Å². The van der Waals surface area contributed by atoms with Gasteiger partial charge in [-0.3, -0.25) is 4.79 Å². The molecule has 120 valence electrons. The molecule has 1 aromatic carbocycles. The van der Waals surface area contributed by atoms with Crippen molar-refractivity contribution in [2.24, 2.45) is 0 Å². The van der Waals surface area contributed by atoms with Crippen LogP contribution in [0.2, 0.25) is 0 Å². The van der Waals surface area contributed by atoms with E-state index in [2.05, 4.69) is 5.32 Å². The van der Waals surface area contributed by atoms with Crippen LogP contribution in [0.25, 0.3) is 11.0 Å². The number of nitrogens with one attached hydrogen (secondary N) is 1. The summed E-state index contributed by atoms with van der Waals surface area (Å²) in [5, 5.41) is 7.66. The van der Waals surface area contributed by atoms with Crippen LogP contribution in [-0.2, 0) is 4.74 Å². The number of carbonyl (C=O) groups is 1. The minimum Gasteiger partial charge on any atom is -0.493 e. The van der Waals surface area contributed by atoms with Gasteiger partial charge in [-0.25, -0.2) is 0 Å². The highest BCUT2D eigenvalue weighted by atomic mass is 32.1. The van der Waals surface area contributed by atoms with E-state index in [0.717, 1.165) is 10.9 Å². The SMILES string of the molecule is COc1cccc2cc(C(=O)NCC(OC)c3ccsc3)oc12. The highest BCUT2D eigenvalue weighted by Crippen LogP contribution is 2.28. The maximum absolute atomic E-state index is 12.3. The van der Waals surface area contributed by atoms with Crippen molar-refractivity contribution in [1.82, 2.24) is 5.32 Å². The molecule has 1 N–H and O–H groups in total. The molecule has 0 fully saturated rings. The van der Waals surface area contributed by atoms with Crippen LogP contribution < -0.4 is 10.1 Å². The molecule has 6 heteroatoms. The number of fused-ring (bicyclic) bond motifs is 1. The van der Waals surface area contributed by atoms with Crippen LogP contribution in [0.4, 0.5) is 0 Å². The zero-order chi connectivity index (χ0) is 16.2. The third kappa shape index (κ3) is 3.23. The third-order valence-corrected chi connectivity index (χ3v) is 4.30. The second kappa shape index (κ2) is 6.85. The molecule has 0 aliphatic carbocycles. The maximum atomic E-state index is 12.3. The van der Waals surface area contributed by atoms with Gasteiger partial charge in [0.05, 0.1) is 7.11 Å². The molecule has 0 aliphatic heterocycles. The van der Waals surface area contributed by atoms with Crippen molar-refractivity contribution >= 4 is 28.2 Å². The number of ether oxygens (including phenoxy) is 2. The number of para-hydroxylation sites is 1. The molecule has 1 amide bonds. The summed E-state index contributed by atoms with van der Waals surface area (Å²) in [5.41, 5.74) is 1.62. The van der Waals surface area contributed by atoms with Crippen LogP contribution in [0.3, 0.4) is 0 Å². The van der Waals surface area contributed by atoms with Crippen molar-refractivity contribution < 1.29 is 18.7 Å². The first-order valence-electron chi connectivity index (χ1n) is 7.12. The Hall–Kier alpha value is -2.31. The molecule has 0 bridgehead atoms. The van der Waals surface area contributed by atoms with Crippen molar-refractivity contribution in [2.45, 2.75) is 6.10 Å². The average Bonchev–Trinajstić information content (AvgIpc) is 3.24. The fourth-order valence-electron chi connectivity index (χ4n) is 2.38. The first-order chi connectivity index (χ1) is 11.2. The zero-order valence-corrected chi connectivity index (χ0v) is 13.7. The van der Waals surface area contributed by atoms with Crippen LogP contribution in [0.15, 0.2) is 45.5 Å². The van der Waals surface area contributed by atoms with Gasteiger partial charge in [0.1, 0.15) is 6.10 Å². The predicted octanol–water partition coefficient (Wildman–Crippen LogP) is 3.62. The largest absolute Gasteiger partial charge is 0.493 e. The molecular weight excluding hydrogens is 314 g/mol. The van der Waals surface area contributed by atoms with E-state index in [1.807, 2.05) is 29.0 Å². The number of carbonyl (C=O) groups excluding carboxylic acids is 1. The van der Waals surface area contributed by atoms with Gasteiger partial charge in [0, 0.05) is 19.0 Å². The number of hydrogen-bond donors (Lipinski definition) is 1. The molecule has 0 saturated heterocycles. The molecule has 0 saturated carbocycles. The summed E-state index contributed by atoms with van der Waals surface area (Å²) >= 11 is 1.60. The minimum absolute atomic E-state index is 0.177. The van der Waals surface area contributed by atoms with E-state index in [-0.39, 0.29) is 17.8 Å². The quantitative estimate of drug-likeness (QED) is 0.749. The molecule has 3 aromatic rings. The molecular formula is C17H17NO4S. The second-order valence-corrected chi connectivity index (χ2v) is 5.76. The summed E-state index contributed by atoms with van der Waals surface area (Å²) in [6.07, 6.45) is -0.177. The second-order valence-electron chi connectivity index (χ2n) is 4.98. The van der Waals surface area contributed by atoms with Crippen molar-refractivity contribution in [3.63, 3.8) is 0 Å². The number of hydrogen-bond acceptors (Lipinski definition) is 5. The Morgan fingerprint density at radius 2 is 2.22 bits per heavy atom. The Bertz CT molecular complexity index is 794. The molecule has 0 radical (unpaired) electrons. The molecule has 0 spiro atoms. The van der Waals surface area contributed by atoms with Crippen molar-refractivity contribution in [3.05, 3.63) is 52.4 Å². The molecule has 1 atom stereocenters. The number of thiophene rings is 1. The smallest absolute Gasteiger partial charge is 0.287 e. The summed E-state index contributed by atoms with van der Waals surface area (Å²) < 4.78 is 16.3. The van der Waals surface area contributed by atoms with Crippen molar-refractivity contribution in [2.75, 3.05) is 20.8 Å². The van der Waals surface area contributed by atoms with Gasteiger partial charge < -0.3 is 19.2 Å². The van der Waals surface area contributed by atoms with Gasteiger partial charge in [0.15, 0.2) is 17.1 Å². The monoisotopic (exact) mass is 331 g/mol. The average molecular weight is 331 g/mol. The number of benzene rings is 1. The van der Waals surface area contributed by atoms with Gasteiger partial charge in [0.25, 0.3) is 5.91 Å². The van der Waals surface area contributed by atoms with E-state index in [4.69, 9.17) is 13.9 Å². The van der Waals surface area contributed by atoms with Crippen LogP contribution in [0.5, 0.6) is 5.75 Å². The van der Waals surface area contributed by atoms with Crippen LogP contribution in [0.1, 0.15) is 22.2 Å². The topological polar surface area (TPSA) is 60.7 Å². The Morgan fingerprint density at radius 3 is 2.91 bits per heavy atom. The number of furan rings is 1. The van der Waals surface area contributed by atoms with Gasteiger partial charge in [-0.1, -0.05) is 12.1 Å². The van der Waals surface area contributed by atoms with E-state index < -0.39 is 0 Å². The lowest BCUT2D eigenvalue weighted by atomic mass is 10.2. The first-order valence-corrected chi connectivity index (χ1v) is 8.07. The minimum atomic E-state index is -0.277. The Kier molecular flexibility index (Phi) is 4.64. The predicted molar refractivity (Wildman–Crippen MR) is 89.2 cm³/mol. The van der Waals surface area contributed by atoms with E-state index in [1.54, 1.807) is 37.7 Å². The molecule has 1 unspecified atom stereocenters. The summed E-state index contributed by atoms with van der Waals surface area (Å²) in [6.45, 7) is 0.375. The fraction of sp³-hybridized carbons (Fsp3) is 0.235. The normalized spacial score (nSPS) is 12.3. The lowest BCUT2D eigenvalue weighted by Crippen LogP contribution is -2.28. The molecule has 2 heterocycles. The summed E-state index contributed by atoms with van der Waals surface area (Å²) in [4.78, 5) is 12.3. The number of methoxy groups -OCH3 is 2. The maximum Gasteiger partial charge on any atom is 0.287 e. The highest BCUT2D eigenvalue weighted by Gasteiger charge is 2.17. The van der Waals surface area contributed by atoms with E-state index in [9.17, 15) is 4.79 Å². The van der Waals surface area contributed by atoms with Gasteiger partial charge in [-0.05, 0) is 34.5 Å². The lowest BCUT2D eigenvalue weighted by Gasteiger charge is -2.14. The van der Waals surface area contributed by atoms with E-state index >= 15 is 0 Å². The molecule has 3 rings (SSSR count). The summed E-state index contributed by atoms with van der Waals surface area (Å²) in [5.74, 6) is 0.583. The van der Waals surface area contributed by atoms with Crippen LogP contribution in [0, 0.1) is 0 Å². The molecule has 2 aromatic heterocycles. The van der Waals surface area contributed by atoms with Crippen LogP contribution >= 0.6 is 11.3 Å². The summed E-state index contributed by atoms with van der Waals surface area (Å²) in [6, 6.07) is 9.22. The Morgan fingerprint density at radius 1 is 1.35 bits per heavy atom. The van der Waals surface area contributed by atoms with Crippen molar-refractivity contribution in [1.29, 1.82) is 0 Å². The first kappa shape index (κ1) is 15.6. The zero-order valence-electron chi connectivity index (χ0n) is 12.9. The molecule has 23 heavy (non-hydrogen) atoms. The fourth-order valence-corrected chi connectivity index (χ4v) is 3.08. The van der Waals surface area contributed by atoms with Gasteiger partial charge >= 0.3 is 0 Å². The standard InChI is InChI=1S/C17H17NO4S/c1-20-13-5-3-4-11-8-14(22-16(11)13)17(19)18-9-15(21-2)12-6-7-23-10-12/h3-8,10,15H,9H2,1-2H3,(H,18,19). The Balaban J connectivity index is 1.73. The molecule has 0 aliphatic rings. The van der Waals surface area contributed by atoms with Gasteiger partial charge in [-0.2, -0.15) is 11.3 Å². The Labute approximate surface area is 137 Å². The lowest BCUT2D eigenvalue weighted by molar-refractivity contribution is 0.0810. The van der Waals surface area contributed by atoms with Gasteiger partial charge in [-0.15, -0.1) is 0 Å². The van der Waals surface area contributed by atoms with E-state index in [0.29, 0.717) is 17.9 Å². The van der Waals surface area contributed by atoms with E-state index in [1.165, 1.54) is 0 Å². The number of amides is 1. The van der Waals surface area contributed by atoms with Crippen molar-refractivity contribution in [3.8, 4) is 5.75 Å². The number of rotatable bonds is 6. The molecule has 5 nitrogen and oxygen atoms in total. The summed E-state index contributed by atoms with van der Waals surface area (Å²) in [7, 11) is 3.20. The highest BCUT2D eigenvalue weighted by molar-refractivity contribution is 7.07. The third-order valence-electron chi connectivity index (χ3n) is 3.60. The van der Waals surface area contributed by atoms with Crippen LogP contribution in [-0.4, -0.2) is 26.7 Å².